The lowest BCUT2D eigenvalue weighted by Crippen LogP contribution is -2.06. The van der Waals surface area contributed by atoms with Crippen LogP contribution in [0.15, 0.2) is 40.9 Å². The van der Waals surface area contributed by atoms with Crippen LogP contribution in [-0.4, -0.2) is 7.05 Å². The summed E-state index contributed by atoms with van der Waals surface area (Å²) in [6.45, 7) is 2.82. The van der Waals surface area contributed by atoms with Crippen molar-refractivity contribution in [2.45, 2.75) is 13.5 Å². The van der Waals surface area contributed by atoms with Crippen molar-refractivity contribution in [2.75, 3.05) is 7.05 Å². The highest BCUT2D eigenvalue weighted by molar-refractivity contribution is 9.10. The van der Waals surface area contributed by atoms with Gasteiger partial charge in [0.05, 0.1) is 5.02 Å². The van der Waals surface area contributed by atoms with Crippen LogP contribution in [0.25, 0.3) is 0 Å². The van der Waals surface area contributed by atoms with E-state index in [9.17, 15) is 0 Å². The van der Waals surface area contributed by atoms with Crippen LogP contribution in [0.3, 0.4) is 0 Å². The molecule has 2 rings (SSSR count). The second-order valence-corrected chi connectivity index (χ2v) is 5.64. The van der Waals surface area contributed by atoms with Crippen LogP contribution in [-0.2, 0) is 6.54 Å². The lowest BCUT2D eigenvalue weighted by atomic mass is 10.1. The van der Waals surface area contributed by atoms with Crippen LogP contribution >= 0.6 is 27.5 Å². The van der Waals surface area contributed by atoms with Crippen LogP contribution in [0.5, 0.6) is 11.5 Å². The molecule has 0 aromatic heterocycles. The summed E-state index contributed by atoms with van der Waals surface area (Å²) in [6, 6.07) is 11.7. The fourth-order valence-electron chi connectivity index (χ4n) is 1.81. The number of aryl methyl sites for hydroxylation is 1. The monoisotopic (exact) mass is 339 g/mol. The van der Waals surface area contributed by atoms with Crippen LogP contribution in [0.1, 0.15) is 11.1 Å². The molecule has 0 unspecified atom stereocenters. The molecule has 0 radical (unpaired) electrons. The molecule has 0 amide bonds. The molecule has 0 spiro atoms. The highest BCUT2D eigenvalue weighted by Crippen LogP contribution is 2.33. The average Bonchev–Trinajstić information content (AvgIpc) is 2.36. The molecule has 100 valence electrons. The van der Waals surface area contributed by atoms with Crippen molar-refractivity contribution in [1.29, 1.82) is 0 Å². The molecule has 2 nitrogen and oxygen atoms in total. The molecular weight excluding hydrogens is 326 g/mol. The van der Waals surface area contributed by atoms with Crippen LogP contribution in [0.2, 0.25) is 5.02 Å². The van der Waals surface area contributed by atoms with E-state index in [1.54, 1.807) is 0 Å². The van der Waals surface area contributed by atoms with Gasteiger partial charge in [-0.25, -0.2) is 0 Å². The predicted octanol–water partition coefficient (Wildman–Crippen LogP) is 4.92. The van der Waals surface area contributed by atoms with Gasteiger partial charge in [0.1, 0.15) is 11.5 Å². The van der Waals surface area contributed by atoms with Gasteiger partial charge in [-0.05, 0) is 38.2 Å². The van der Waals surface area contributed by atoms with E-state index in [-0.39, 0.29) is 0 Å². The SMILES string of the molecule is CNCc1cc(C)ccc1Oc1ccc(Br)cc1Cl. The number of nitrogens with one attached hydrogen (secondary N) is 1. The minimum Gasteiger partial charge on any atom is -0.455 e. The van der Waals surface area contributed by atoms with E-state index in [1.165, 1.54) is 5.56 Å². The fourth-order valence-corrected chi connectivity index (χ4v) is 2.52. The third kappa shape index (κ3) is 3.72. The normalized spacial score (nSPS) is 10.5. The van der Waals surface area contributed by atoms with E-state index < -0.39 is 0 Å². The molecule has 0 bridgehead atoms. The molecule has 0 aliphatic heterocycles. The molecular formula is C15H15BrClNO. The Balaban J connectivity index is 2.32. The zero-order valence-electron chi connectivity index (χ0n) is 10.8. The summed E-state index contributed by atoms with van der Waals surface area (Å²) in [5.74, 6) is 1.48. The first-order valence-electron chi connectivity index (χ1n) is 5.97. The number of hydrogen-bond acceptors (Lipinski definition) is 2. The molecule has 0 heterocycles. The van der Waals surface area contributed by atoms with Gasteiger partial charge < -0.3 is 10.1 Å². The molecule has 19 heavy (non-hydrogen) atoms. The maximum atomic E-state index is 6.17. The molecule has 4 heteroatoms. The van der Waals surface area contributed by atoms with Gasteiger partial charge in [0.15, 0.2) is 0 Å². The third-order valence-electron chi connectivity index (χ3n) is 2.70. The number of rotatable bonds is 4. The Morgan fingerprint density at radius 1 is 1.16 bits per heavy atom. The summed E-state index contributed by atoms with van der Waals surface area (Å²) in [4.78, 5) is 0. The number of hydrogen-bond donors (Lipinski definition) is 1. The van der Waals surface area contributed by atoms with Gasteiger partial charge >= 0.3 is 0 Å². The van der Waals surface area contributed by atoms with Crippen LogP contribution in [0.4, 0.5) is 0 Å². The summed E-state index contributed by atoms with van der Waals surface area (Å²) in [7, 11) is 1.92. The van der Waals surface area contributed by atoms with Crippen molar-refractivity contribution in [3.8, 4) is 11.5 Å². The lowest BCUT2D eigenvalue weighted by Gasteiger charge is -2.13. The standard InChI is InChI=1S/C15H15BrClNO/c1-10-3-5-14(11(7-10)9-18-2)19-15-6-4-12(16)8-13(15)17/h3-8,18H,9H2,1-2H3. The van der Waals surface area contributed by atoms with Crippen molar-refractivity contribution >= 4 is 27.5 Å². The van der Waals surface area contributed by atoms with E-state index in [2.05, 4.69) is 34.2 Å². The molecule has 0 aliphatic rings. The second kappa shape index (κ2) is 6.42. The minimum atomic E-state index is 0.588. The van der Waals surface area contributed by atoms with E-state index in [4.69, 9.17) is 16.3 Å². The quantitative estimate of drug-likeness (QED) is 0.852. The number of halogens is 2. The highest BCUT2D eigenvalue weighted by Gasteiger charge is 2.08. The molecule has 0 atom stereocenters. The van der Waals surface area contributed by atoms with Crippen molar-refractivity contribution in [2.24, 2.45) is 0 Å². The van der Waals surface area contributed by atoms with Gasteiger partial charge in [-0.3, -0.25) is 0 Å². The van der Waals surface area contributed by atoms with Gasteiger partial charge in [-0.15, -0.1) is 0 Å². The number of ether oxygens (including phenoxy) is 1. The van der Waals surface area contributed by atoms with Gasteiger partial charge in [0.2, 0.25) is 0 Å². The van der Waals surface area contributed by atoms with Crippen LogP contribution in [0, 0.1) is 6.92 Å². The Morgan fingerprint density at radius 2 is 1.89 bits per heavy atom. The summed E-state index contributed by atoms with van der Waals surface area (Å²) in [5.41, 5.74) is 2.32. The van der Waals surface area contributed by atoms with Crippen molar-refractivity contribution < 1.29 is 4.74 Å². The molecule has 2 aromatic carbocycles. The zero-order valence-corrected chi connectivity index (χ0v) is 13.2. The largest absolute Gasteiger partial charge is 0.455 e. The topological polar surface area (TPSA) is 21.3 Å². The van der Waals surface area contributed by atoms with Gasteiger partial charge in [-0.2, -0.15) is 0 Å². The summed E-state index contributed by atoms with van der Waals surface area (Å²) < 4.78 is 6.84. The Kier molecular flexibility index (Phi) is 4.86. The lowest BCUT2D eigenvalue weighted by molar-refractivity contribution is 0.474. The van der Waals surface area contributed by atoms with E-state index in [0.29, 0.717) is 10.8 Å². The highest BCUT2D eigenvalue weighted by atomic mass is 79.9. The molecule has 0 fully saturated rings. The minimum absolute atomic E-state index is 0.588. The summed E-state index contributed by atoms with van der Waals surface area (Å²) in [5, 5.41) is 3.73. The molecule has 0 saturated heterocycles. The molecule has 0 saturated carbocycles. The smallest absolute Gasteiger partial charge is 0.146 e. The first-order chi connectivity index (χ1) is 9.10. The van der Waals surface area contributed by atoms with Crippen molar-refractivity contribution in [3.63, 3.8) is 0 Å². The Hall–Kier alpha value is -1.03. The van der Waals surface area contributed by atoms with E-state index >= 15 is 0 Å². The molecule has 0 aliphatic carbocycles. The summed E-state index contributed by atoms with van der Waals surface area (Å²) in [6.07, 6.45) is 0. The van der Waals surface area contributed by atoms with Crippen molar-refractivity contribution in [3.05, 3.63) is 57.0 Å². The first kappa shape index (κ1) is 14.4. The maximum Gasteiger partial charge on any atom is 0.146 e. The second-order valence-electron chi connectivity index (χ2n) is 4.32. The first-order valence-corrected chi connectivity index (χ1v) is 7.14. The van der Waals surface area contributed by atoms with Crippen LogP contribution < -0.4 is 10.1 Å². The molecule has 1 N–H and O–H groups in total. The number of benzene rings is 2. The average molecular weight is 341 g/mol. The summed E-state index contributed by atoms with van der Waals surface area (Å²) >= 11 is 9.55. The zero-order chi connectivity index (χ0) is 13.8. The maximum absolute atomic E-state index is 6.17. The van der Waals surface area contributed by atoms with E-state index in [1.807, 2.05) is 37.4 Å². The predicted molar refractivity (Wildman–Crippen MR) is 83.2 cm³/mol. The van der Waals surface area contributed by atoms with Gasteiger partial charge in [0.25, 0.3) is 0 Å². The van der Waals surface area contributed by atoms with E-state index in [0.717, 1.165) is 22.3 Å². The fraction of sp³-hybridized carbons (Fsp3) is 0.200. The van der Waals surface area contributed by atoms with Gasteiger partial charge in [0, 0.05) is 16.6 Å². The third-order valence-corrected chi connectivity index (χ3v) is 3.49. The van der Waals surface area contributed by atoms with Crippen molar-refractivity contribution in [1.82, 2.24) is 5.32 Å². The van der Waals surface area contributed by atoms with Gasteiger partial charge in [-0.1, -0.05) is 45.2 Å². The molecule has 2 aromatic rings. The Bertz CT molecular complexity index is 586. The Labute approximate surface area is 126 Å². The Morgan fingerprint density at radius 3 is 2.58 bits per heavy atom.